The highest BCUT2D eigenvalue weighted by atomic mass is 19.1. The Labute approximate surface area is 170 Å². The van der Waals surface area contributed by atoms with E-state index in [0.717, 1.165) is 23.8 Å². The van der Waals surface area contributed by atoms with Crippen molar-refractivity contribution in [1.29, 1.82) is 0 Å². The number of hydrogen-bond acceptors (Lipinski definition) is 6. The molecule has 2 aromatic carbocycles. The molecule has 0 aliphatic carbocycles. The van der Waals surface area contributed by atoms with Crippen molar-refractivity contribution in [1.82, 2.24) is 15.0 Å². The van der Waals surface area contributed by atoms with Crippen LogP contribution in [0.4, 0.5) is 8.78 Å². The van der Waals surface area contributed by atoms with Crippen molar-refractivity contribution >= 4 is 5.91 Å². The molecule has 2 aliphatic rings. The molecule has 0 spiro atoms. The van der Waals surface area contributed by atoms with Crippen LogP contribution in [0.2, 0.25) is 0 Å². The third-order valence-corrected chi connectivity index (χ3v) is 5.31. The number of carbonyl (C=O) groups excluding carboxylic acids is 1. The molecule has 1 fully saturated rings. The summed E-state index contributed by atoms with van der Waals surface area (Å²) in [7, 11) is 0. The zero-order valence-corrected chi connectivity index (χ0v) is 15.8. The van der Waals surface area contributed by atoms with E-state index in [-0.39, 0.29) is 18.3 Å². The molecule has 0 radical (unpaired) electrons. The minimum atomic E-state index is -0.768. The third kappa shape index (κ3) is 3.47. The number of nitrogens with zero attached hydrogens (tertiary/aromatic N) is 3. The maximum atomic E-state index is 13.4. The number of ether oxygens (including phenoxy) is 2. The molecule has 1 amide bonds. The van der Waals surface area contributed by atoms with Gasteiger partial charge in [-0.1, -0.05) is 5.16 Å². The van der Waals surface area contributed by atoms with Crippen molar-refractivity contribution in [3.8, 4) is 22.9 Å². The first-order chi connectivity index (χ1) is 14.6. The summed E-state index contributed by atoms with van der Waals surface area (Å²) in [5, 5.41) is 4.06. The van der Waals surface area contributed by atoms with Crippen LogP contribution in [-0.4, -0.2) is 40.8 Å². The van der Waals surface area contributed by atoms with Crippen LogP contribution in [0, 0.1) is 11.6 Å². The van der Waals surface area contributed by atoms with E-state index in [1.807, 2.05) is 6.07 Å². The van der Waals surface area contributed by atoms with Crippen LogP contribution in [-0.2, 0) is 0 Å². The molecule has 0 saturated carbocycles. The highest BCUT2D eigenvalue weighted by Gasteiger charge is 2.29. The van der Waals surface area contributed by atoms with Gasteiger partial charge in [0.05, 0.1) is 0 Å². The zero-order valence-electron chi connectivity index (χ0n) is 15.8. The number of fused-ring (bicyclic) bond motifs is 1. The van der Waals surface area contributed by atoms with Gasteiger partial charge in [-0.05, 0) is 43.2 Å². The second-order valence-corrected chi connectivity index (χ2v) is 7.25. The summed E-state index contributed by atoms with van der Waals surface area (Å²) < 4.78 is 42.9. The summed E-state index contributed by atoms with van der Waals surface area (Å²) in [6, 6.07) is 8.28. The van der Waals surface area contributed by atoms with Crippen LogP contribution in [0.15, 0.2) is 40.9 Å². The molecule has 0 atom stereocenters. The van der Waals surface area contributed by atoms with Gasteiger partial charge in [-0.2, -0.15) is 4.98 Å². The van der Waals surface area contributed by atoms with Crippen molar-refractivity contribution in [2.45, 2.75) is 18.8 Å². The van der Waals surface area contributed by atoms with Gasteiger partial charge in [0, 0.05) is 36.2 Å². The lowest BCUT2D eigenvalue weighted by Crippen LogP contribution is -2.38. The predicted octanol–water partition coefficient (Wildman–Crippen LogP) is 3.76. The van der Waals surface area contributed by atoms with Gasteiger partial charge in [0.1, 0.15) is 11.6 Å². The van der Waals surface area contributed by atoms with Crippen LogP contribution in [0.1, 0.15) is 35.0 Å². The molecule has 30 heavy (non-hydrogen) atoms. The number of aromatic nitrogens is 2. The molecule has 9 heteroatoms. The largest absolute Gasteiger partial charge is 0.454 e. The van der Waals surface area contributed by atoms with Gasteiger partial charge in [-0.25, -0.2) is 8.78 Å². The van der Waals surface area contributed by atoms with Crippen LogP contribution in [0.25, 0.3) is 11.4 Å². The highest BCUT2D eigenvalue weighted by Crippen LogP contribution is 2.36. The summed E-state index contributed by atoms with van der Waals surface area (Å²) in [6.45, 7) is 1.06. The molecule has 3 aromatic rings. The number of piperidine rings is 1. The van der Waals surface area contributed by atoms with Gasteiger partial charge in [0.15, 0.2) is 11.5 Å². The summed E-state index contributed by atoms with van der Waals surface area (Å²) in [4.78, 5) is 18.6. The molecule has 3 heterocycles. The average Bonchev–Trinajstić information content (AvgIpc) is 3.41. The summed E-state index contributed by atoms with van der Waals surface area (Å²) in [6.07, 6.45) is 1.23. The molecule has 7 nitrogen and oxygen atoms in total. The van der Waals surface area contributed by atoms with Crippen molar-refractivity contribution in [2.75, 3.05) is 19.9 Å². The SMILES string of the molecule is O=C(c1cc(F)cc(F)c1)N1CCC(c2nc(-c3ccc4c(c3)OCO4)no2)CC1. The fourth-order valence-electron chi connectivity index (χ4n) is 3.74. The third-order valence-electron chi connectivity index (χ3n) is 5.31. The molecule has 0 bridgehead atoms. The predicted molar refractivity (Wildman–Crippen MR) is 100 cm³/mol. The van der Waals surface area contributed by atoms with E-state index in [9.17, 15) is 13.6 Å². The lowest BCUT2D eigenvalue weighted by atomic mass is 9.96. The normalized spacial score (nSPS) is 16.1. The van der Waals surface area contributed by atoms with E-state index >= 15 is 0 Å². The second-order valence-electron chi connectivity index (χ2n) is 7.25. The summed E-state index contributed by atoms with van der Waals surface area (Å²) in [5.74, 6) is 0.359. The number of rotatable bonds is 3. The zero-order chi connectivity index (χ0) is 20.7. The first kappa shape index (κ1) is 18.5. The molecular formula is C21H17F2N3O4. The van der Waals surface area contributed by atoms with Crippen molar-refractivity contribution in [3.63, 3.8) is 0 Å². The maximum Gasteiger partial charge on any atom is 0.254 e. The summed E-state index contributed by atoms with van der Waals surface area (Å²) in [5.41, 5.74) is 0.767. The molecule has 5 rings (SSSR count). The minimum Gasteiger partial charge on any atom is -0.454 e. The Hall–Kier alpha value is -3.49. The van der Waals surface area contributed by atoms with Crippen LogP contribution in [0.3, 0.4) is 0 Å². The number of carbonyl (C=O) groups is 1. The second kappa shape index (κ2) is 7.40. The van der Waals surface area contributed by atoms with Crippen LogP contribution < -0.4 is 9.47 Å². The molecule has 0 N–H and O–H groups in total. The molecule has 0 unspecified atom stereocenters. The lowest BCUT2D eigenvalue weighted by Gasteiger charge is -2.30. The Morgan fingerprint density at radius 2 is 1.73 bits per heavy atom. The van der Waals surface area contributed by atoms with Gasteiger partial charge in [0.25, 0.3) is 5.91 Å². The Morgan fingerprint density at radius 3 is 2.50 bits per heavy atom. The van der Waals surface area contributed by atoms with Gasteiger partial charge in [0.2, 0.25) is 18.5 Å². The van der Waals surface area contributed by atoms with E-state index in [1.54, 1.807) is 17.0 Å². The first-order valence-corrected chi connectivity index (χ1v) is 9.56. The molecule has 1 aromatic heterocycles. The van der Waals surface area contributed by atoms with Gasteiger partial charge < -0.3 is 18.9 Å². The number of hydrogen-bond donors (Lipinski definition) is 0. The lowest BCUT2D eigenvalue weighted by molar-refractivity contribution is 0.0703. The van der Waals surface area contributed by atoms with E-state index in [0.29, 0.717) is 49.1 Å². The van der Waals surface area contributed by atoms with E-state index in [2.05, 4.69) is 10.1 Å². The topological polar surface area (TPSA) is 77.7 Å². The summed E-state index contributed by atoms with van der Waals surface area (Å²) >= 11 is 0. The number of likely N-dealkylation sites (tertiary alicyclic amines) is 1. The van der Waals surface area contributed by atoms with Gasteiger partial charge >= 0.3 is 0 Å². The number of halogens is 2. The van der Waals surface area contributed by atoms with E-state index in [4.69, 9.17) is 14.0 Å². The van der Waals surface area contributed by atoms with Gasteiger partial charge in [-0.3, -0.25) is 4.79 Å². The van der Waals surface area contributed by atoms with Crippen LogP contribution >= 0.6 is 0 Å². The smallest absolute Gasteiger partial charge is 0.254 e. The standard InChI is InChI=1S/C21H17F2N3O4/c22-15-7-14(8-16(23)10-15)21(27)26-5-3-12(4-6-26)20-24-19(25-30-20)13-1-2-17-18(9-13)29-11-28-17/h1-2,7-10,12H,3-6,11H2. The molecular weight excluding hydrogens is 396 g/mol. The Kier molecular flexibility index (Phi) is 4.57. The molecule has 2 aliphatic heterocycles. The molecule has 154 valence electrons. The van der Waals surface area contributed by atoms with Crippen molar-refractivity contribution in [3.05, 3.63) is 59.5 Å². The molecule has 1 saturated heterocycles. The Morgan fingerprint density at radius 1 is 1.00 bits per heavy atom. The van der Waals surface area contributed by atoms with E-state index in [1.165, 1.54) is 0 Å². The van der Waals surface area contributed by atoms with Crippen LogP contribution in [0.5, 0.6) is 11.5 Å². The Balaban J connectivity index is 1.25. The quantitative estimate of drug-likeness (QED) is 0.651. The number of benzene rings is 2. The fourth-order valence-corrected chi connectivity index (χ4v) is 3.74. The Bertz CT molecular complexity index is 1090. The van der Waals surface area contributed by atoms with Crippen molar-refractivity contribution in [2.24, 2.45) is 0 Å². The monoisotopic (exact) mass is 413 g/mol. The average molecular weight is 413 g/mol. The fraction of sp³-hybridized carbons (Fsp3) is 0.286. The highest BCUT2D eigenvalue weighted by molar-refractivity contribution is 5.94. The van der Waals surface area contributed by atoms with Crippen molar-refractivity contribution < 1.29 is 27.6 Å². The maximum absolute atomic E-state index is 13.4. The first-order valence-electron chi connectivity index (χ1n) is 9.56. The van der Waals surface area contributed by atoms with Gasteiger partial charge in [-0.15, -0.1) is 0 Å². The number of amides is 1. The van der Waals surface area contributed by atoms with E-state index < -0.39 is 17.5 Å². The minimum absolute atomic E-state index is 0.00792.